The highest BCUT2D eigenvalue weighted by molar-refractivity contribution is 5.89. The average molecular weight is 168 g/mol. The van der Waals surface area contributed by atoms with Crippen molar-refractivity contribution in [2.45, 2.75) is 39.7 Å². The molecule has 0 aromatic carbocycles. The van der Waals surface area contributed by atoms with E-state index in [1.54, 1.807) is 0 Å². The maximum absolute atomic E-state index is 11.4. The van der Waals surface area contributed by atoms with Gasteiger partial charge in [0.25, 0.3) is 0 Å². The van der Waals surface area contributed by atoms with Crippen LogP contribution in [0.4, 0.5) is 0 Å². The Morgan fingerprint density at radius 3 is 2.58 bits per heavy atom. The van der Waals surface area contributed by atoms with E-state index in [0.29, 0.717) is 12.8 Å². The van der Waals surface area contributed by atoms with Crippen molar-refractivity contribution in [2.24, 2.45) is 5.41 Å². The fourth-order valence-corrected chi connectivity index (χ4v) is 1.80. The van der Waals surface area contributed by atoms with Crippen molar-refractivity contribution in [1.29, 1.82) is 0 Å². The zero-order chi connectivity index (χ0) is 9.35. The number of carbonyl (C=O) groups is 1. The fourth-order valence-electron chi connectivity index (χ4n) is 1.80. The molecule has 0 aliphatic heterocycles. The van der Waals surface area contributed by atoms with Gasteiger partial charge in [0.2, 0.25) is 0 Å². The zero-order valence-corrected chi connectivity index (χ0v) is 7.92. The van der Waals surface area contributed by atoms with E-state index in [1.165, 1.54) is 0 Å². The summed E-state index contributed by atoms with van der Waals surface area (Å²) < 4.78 is 0. The standard InChI is InChI=1S/C10H16O2/c1-7(2)6-10(3)8(11)4-5-9(10)12/h6,8,11H,4-5H2,1-3H3/t8-,10+/m1/s1. The van der Waals surface area contributed by atoms with Crippen molar-refractivity contribution in [1.82, 2.24) is 0 Å². The number of rotatable bonds is 1. The van der Waals surface area contributed by atoms with E-state index in [1.807, 2.05) is 26.8 Å². The molecule has 0 bridgehead atoms. The van der Waals surface area contributed by atoms with Crippen LogP contribution < -0.4 is 0 Å². The van der Waals surface area contributed by atoms with Gasteiger partial charge in [0.05, 0.1) is 11.5 Å². The minimum Gasteiger partial charge on any atom is -0.392 e. The van der Waals surface area contributed by atoms with E-state index < -0.39 is 11.5 Å². The van der Waals surface area contributed by atoms with Crippen molar-refractivity contribution in [3.63, 3.8) is 0 Å². The van der Waals surface area contributed by atoms with Crippen LogP contribution in [-0.2, 0) is 4.79 Å². The van der Waals surface area contributed by atoms with Crippen molar-refractivity contribution < 1.29 is 9.90 Å². The summed E-state index contributed by atoms with van der Waals surface area (Å²) in [6, 6.07) is 0. The highest BCUT2D eigenvalue weighted by Crippen LogP contribution is 2.36. The predicted octanol–water partition coefficient (Wildman–Crippen LogP) is 1.68. The van der Waals surface area contributed by atoms with Crippen LogP contribution in [0.15, 0.2) is 11.6 Å². The molecule has 68 valence electrons. The number of hydrogen-bond donors (Lipinski definition) is 1. The summed E-state index contributed by atoms with van der Waals surface area (Å²) in [6.45, 7) is 5.72. The third-order valence-corrected chi connectivity index (χ3v) is 2.53. The third kappa shape index (κ3) is 1.44. The van der Waals surface area contributed by atoms with Crippen LogP contribution in [0.5, 0.6) is 0 Å². The molecule has 0 unspecified atom stereocenters. The predicted molar refractivity (Wildman–Crippen MR) is 47.8 cm³/mol. The van der Waals surface area contributed by atoms with Crippen LogP contribution in [0.2, 0.25) is 0 Å². The van der Waals surface area contributed by atoms with E-state index in [2.05, 4.69) is 0 Å². The van der Waals surface area contributed by atoms with Gasteiger partial charge >= 0.3 is 0 Å². The maximum Gasteiger partial charge on any atom is 0.145 e. The van der Waals surface area contributed by atoms with Crippen molar-refractivity contribution >= 4 is 5.78 Å². The second kappa shape index (κ2) is 3.02. The molecule has 0 aromatic rings. The summed E-state index contributed by atoms with van der Waals surface area (Å²) in [5.41, 5.74) is 0.477. The Bertz CT molecular complexity index is 226. The van der Waals surface area contributed by atoms with Crippen LogP contribution in [-0.4, -0.2) is 17.0 Å². The van der Waals surface area contributed by atoms with Gasteiger partial charge < -0.3 is 5.11 Å². The van der Waals surface area contributed by atoms with Crippen LogP contribution >= 0.6 is 0 Å². The Balaban J connectivity index is 2.95. The monoisotopic (exact) mass is 168 g/mol. The molecule has 2 nitrogen and oxygen atoms in total. The summed E-state index contributed by atoms with van der Waals surface area (Å²) in [7, 11) is 0. The van der Waals surface area contributed by atoms with Crippen molar-refractivity contribution in [3.05, 3.63) is 11.6 Å². The number of aliphatic hydroxyl groups excluding tert-OH is 1. The molecule has 1 aliphatic carbocycles. The second-order valence-corrected chi connectivity index (χ2v) is 3.98. The molecule has 0 aromatic heterocycles. The van der Waals surface area contributed by atoms with E-state index in [9.17, 15) is 9.90 Å². The van der Waals surface area contributed by atoms with E-state index in [-0.39, 0.29) is 5.78 Å². The van der Waals surface area contributed by atoms with Gasteiger partial charge in [-0.2, -0.15) is 0 Å². The molecular weight excluding hydrogens is 152 g/mol. The maximum atomic E-state index is 11.4. The largest absolute Gasteiger partial charge is 0.392 e. The highest BCUT2D eigenvalue weighted by Gasteiger charge is 2.43. The molecule has 1 fully saturated rings. The molecule has 0 saturated heterocycles. The number of Topliss-reactive ketones (excluding diaryl/α,β-unsaturated/α-hetero) is 1. The third-order valence-electron chi connectivity index (χ3n) is 2.53. The van der Waals surface area contributed by atoms with Gasteiger partial charge in [0.1, 0.15) is 5.78 Å². The molecule has 1 N–H and O–H groups in total. The summed E-state index contributed by atoms with van der Waals surface area (Å²) in [5, 5.41) is 9.60. The molecule has 0 amide bonds. The van der Waals surface area contributed by atoms with Gasteiger partial charge in [0, 0.05) is 6.42 Å². The number of hydrogen-bond acceptors (Lipinski definition) is 2. The molecule has 2 heteroatoms. The Hall–Kier alpha value is -0.630. The lowest BCUT2D eigenvalue weighted by Gasteiger charge is -2.22. The van der Waals surface area contributed by atoms with Gasteiger partial charge in [-0.05, 0) is 27.2 Å². The van der Waals surface area contributed by atoms with Gasteiger partial charge in [-0.3, -0.25) is 4.79 Å². The molecule has 2 atom stereocenters. The first-order valence-corrected chi connectivity index (χ1v) is 4.34. The van der Waals surface area contributed by atoms with E-state index in [0.717, 1.165) is 5.57 Å². The lowest BCUT2D eigenvalue weighted by Crippen LogP contribution is -2.30. The van der Waals surface area contributed by atoms with Crippen molar-refractivity contribution in [2.75, 3.05) is 0 Å². The molecule has 0 heterocycles. The molecule has 1 saturated carbocycles. The number of ketones is 1. The SMILES string of the molecule is CC(C)=C[C@]1(C)C(=O)CC[C@H]1O. The molecule has 1 rings (SSSR count). The van der Waals surface area contributed by atoms with Crippen LogP contribution in [0.1, 0.15) is 33.6 Å². The van der Waals surface area contributed by atoms with Crippen molar-refractivity contribution in [3.8, 4) is 0 Å². The zero-order valence-electron chi connectivity index (χ0n) is 7.92. The van der Waals surface area contributed by atoms with Crippen LogP contribution in [0.25, 0.3) is 0 Å². The Morgan fingerprint density at radius 1 is 1.67 bits per heavy atom. The average Bonchev–Trinajstić information content (AvgIpc) is 2.16. The van der Waals surface area contributed by atoms with Gasteiger partial charge in [-0.15, -0.1) is 0 Å². The van der Waals surface area contributed by atoms with Gasteiger partial charge in [0.15, 0.2) is 0 Å². The Labute approximate surface area is 73.3 Å². The fraction of sp³-hybridized carbons (Fsp3) is 0.700. The number of carbonyl (C=O) groups excluding carboxylic acids is 1. The van der Waals surface area contributed by atoms with E-state index in [4.69, 9.17) is 0 Å². The molecule has 1 aliphatic rings. The highest BCUT2D eigenvalue weighted by atomic mass is 16.3. The Kier molecular flexibility index (Phi) is 2.38. The first-order valence-electron chi connectivity index (χ1n) is 4.34. The first kappa shape index (κ1) is 9.46. The van der Waals surface area contributed by atoms with Gasteiger partial charge in [-0.25, -0.2) is 0 Å². The minimum atomic E-state index is -0.612. The molecular formula is C10H16O2. The summed E-state index contributed by atoms with van der Waals surface area (Å²) >= 11 is 0. The molecule has 0 spiro atoms. The number of aliphatic hydroxyl groups is 1. The Morgan fingerprint density at radius 2 is 2.25 bits per heavy atom. The minimum absolute atomic E-state index is 0.163. The normalized spacial score (nSPS) is 35.3. The van der Waals surface area contributed by atoms with Crippen LogP contribution in [0.3, 0.4) is 0 Å². The first-order chi connectivity index (χ1) is 5.47. The summed E-state index contributed by atoms with van der Waals surface area (Å²) in [4.78, 5) is 11.4. The smallest absolute Gasteiger partial charge is 0.145 e. The summed E-state index contributed by atoms with van der Waals surface area (Å²) in [6.07, 6.45) is 2.52. The quantitative estimate of drug-likeness (QED) is 0.605. The lowest BCUT2D eigenvalue weighted by atomic mass is 9.84. The number of allylic oxidation sites excluding steroid dienone is 1. The second-order valence-electron chi connectivity index (χ2n) is 3.98. The van der Waals surface area contributed by atoms with Crippen LogP contribution in [0, 0.1) is 5.41 Å². The molecule has 0 radical (unpaired) electrons. The van der Waals surface area contributed by atoms with Gasteiger partial charge in [-0.1, -0.05) is 11.6 Å². The lowest BCUT2D eigenvalue weighted by molar-refractivity contribution is -0.125. The molecule has 12 heavy (non-hydrogen) atoms. The topological polar surface area (TPSA) is 37.3 Å². The van der Waals surface area contributed by atoms with E-state index >= 15 is 0 Å². The summed E-state index contributed by atoms with van der Waals surface area (Å²) in [5.74, 6) is 0.163.